The number of benzene rings is 2. The van der Waals surface area contributed by atoms with Gasteiger partial charge in [0.25, 0.3) is 0 Å². The molecule has 1 atom stereocenters. The second-order valence-corrected chi connectivity index (χ2v) is 6.52. The fraction of sp³-hybridized carbons (Fsp3) is 0.300. The van der Waals surface area contributed by atoms with E-state index in [2.05, 4.69) is 5.32 Å². The maximum atomic E-state index is 13.3. The quantitative estimate of drug-likeness (QED) is 0.930. The molecule has 0 bridgehead atoms. The van der Waals surface area contributed by atoms with E-state index in [-0.39, 0.29) is 30.2 Å². The largest absolute Gasteiger partial charge is 0.350 e. The molecule has 5 heteroatoms. The molecular weight excluding hydrogens is 319 g/mol. The van der Waals surface area contributed by atoms with Crippen LogP contribution in [0.4, 0.5) is 4.39 Å². The molecule has 0 saturated carbocycles. The standard InChI is InChI=1S/C20H21FN2O2/c1-13(2)23-18(24)11-15-7-3-4-9-17(15)19(23)20(25)22-12-14-6-5-8-16(21)10-14/h3-10,13,19H,11-12H2,1-2H3,(H,22,25). The van der Waals surface area contributed by atoms with E-state index < -0.39 is 6.04 Å². The molecule has 1 heterocycles. The zero-order valence-corrected chi connectivity index (χ0v) is 14.3. The lowest BCUT2D eigenvalue weighted by atomic mass is 9.90. The van der Waals surface area contributed by atoms with Gasteiger partial charge >= 0.3 is 0 Å². The molecule has 0 aliphatic carbocycles. The number of hydrogen-bond acceptors (Lipinski definition) is 2. The summed E-state index contributed by atoms with van der Waals surface area (Å²) in [7, 11) is 0. The number of amides is 2. The number of nitrogens with one attached hydrogen (secondary N) is 1. The van der Waals surface area contributed by atoms with Gasteiger partial charge in [-0.3, -0.25) is 9.59 Å². The van der Waals surface area contributed by atoms with Crippen LogP contribution in [0.15, 0.2) is 48.5 Å². The van der Waals surface area contributed by atoms with E-state index >= 15 is 0 Å². The Bertz CT molecular complexity index is 804. The Morgan fingerprint density at radius 1 is 1.24 bits per heavy atom. The van der Waals surface area contributed by atoms with Gasteiger partial charge in [-0.25, -0.2) is 4.39 Å². The van der Waals surface area contributed by atoms with Crippen molar-refractivity contribution in [3.05, 3.63) is 71.0 Å². The number of carbonyl (C=O) groups excluding carboxylic acids is 2. The number of nitrogens with zero attached hydrogens (tertiary/aromatic N) is 1. The van der Waals surface area contributed by atoms with Crippen molar-refractivity contribution in [3.8, 4) is 0 Å². The van der Waals surface area contributed by atoms with Crippen LogP contribution in [0.5, 0.6) is 0 Å². The van der Waals surface area contributed by atoms with Gasteiger partial charge in [-0.2, -0.15) is 0 Å². The summed E-state index contributed by atoms with van der Waals surface area (Å²) in [5, 5.41) is 2.84. The zero-order chi connectivity index (χ0) is 18.0. The van der Waals surface area contributed by atoms with Crippen LogP contribution in [0.3, 0.4) is 0 Å². The summed E-state index contributed by atoms with van der Waals surface area (Å²) in [6, 6.07) is 12.9. The van der Waals surface area contributed by atoms with Crippen LogP contribution in [-0.2, 0) is 22.6 Å². The van der Waals surface area contributed by atoms with Crippen LogP contribution in [-0.4, -0.2) is 22.8 Å². The van der Waals surface area contributed by atoms with Crippen molar-refractivity contribution < 1.29 is 14.0 Å². The SMILES string of the molecule is CC(C)N1C(=O)Cc2ccccc2C1C(=O)NCc1cccc(F)c1. The first-order valence-electron chi connectivity index (χ1n) is 8.38. The minimum Gasteiger partial charge on any atom is -0.350 e. The predicted octanol–water partition coefficient (Wildman–Crippen LogP) is 2.98. The number of fused-ring (bicyclic) bond motifs is 1. The van der Waals surface area contributed by atoms with Crippen LogP contribution >= 0.6 is 0 Å². The second kappa shape index (κ2) is 7.05. The molecule has 3 rings (SSSR count). The Morgan fingerprint density at radius 2 is 2.00 bits per heavy atom. The van der Waals surface area contributed by atoms with Crippen LogP contribution in [0.2, 0.25) is 0 Å². The van der Waals surface area contributed by atoms with E-state index in [9.17, 15) is 14.0 Å². The summed E-state index contributed by atoms with van der Waals surface area (Å²) >= 11 is 0. The van der Waals surface area contributed by atoms with E-state index in [1.54, 1.807) is 17.0 Å². The van der Waals surface area contributed by atoms with Gasteiger partial charge in [0.1, 0.15) is 11.9 Å². The highest BCUT2D eigenvalue weighted by molar-refractivity contribution is 5.92. The lowest BCUT2D eigenvalue weighted by molar-refractivity contribution is -0.143. The molecule has 25 heavy (non-hydrogen) atoms. The Balaban J connectivity index is 1.86. The highest BCUT2D eigenvalue weighted by Crippen LogP contribution is 2.32. The van der Waals surface area contributed by atoms with Gasteiger partial charge in [0, 0.05) is 12.6 Å². The van der Waals surface area contributed by atoms with Crippen molar-refractivity contribution in [2.24, 2.45) is 0 Å². The summed E-state index contributed by atoms with van der Waals surface area (Å²) in [5.41, 5.74) is 2.42. The third-order valence-corrected chi connectivity index (χ3v) is 4.42. The third-order valence-electron chi connectivity index (χ3n) is 4.42. The van der Waals surface area contributed by atoms with E-state index in [1.807, 2.05) is 38.1 Å². The van der Waals surface area contributed by atoms with Gasteiger partial charge in [0.2, 0.25) is 11.8 Å². The minimum absolute atomic E-state index is 0.0559. The minimum atomic E-state index is -0.661. The predicted molar refractivity (Wildman–Crippen MR) is 93.1 cm³/mol. The van der Waals surface area contributed by atoms with Gasteiger partial charge < -0.3 is 10.2 Å². The highest BCUT2D eigenvalue weighted by atomic mass is 19.1. The first-order valence-corrected chi connectivity index (χ1v) is 8.38. The van der Waals surface area contributed by atoms with Crippen molar-refractivity contribution in [3.63, 3.8) is 0 Å². The van der Waals surface area contributed by atoms with Crippen molar-refractivity contribution in [1.29, 1.82) is 0 Å². The third kappa shape index (κ3) is 3.55. The van der Waals surface area contributed by atoms with Gasteiger partial charge in [0.15, 0.2) is 0 Å². The topological polar surface area (TPSA) is 49.4 Å². The smallest absolute Gasteiger partial charge is 0.247 e. The van der Waals surface area contributed by atoms with Crippen LogP contribution in [0, 0.1) is 5.82 Å². The summed E-state index contributed by atoms with van der Waals surface area (Å²) in [4.78, 5) is 27.0. The molecule has 0 aromatic heterocycles. The molecule has 1 aliphatic rings. The number of carbonyl (C=O) groups is 2. The molecule has 2 aromatic carbocycles. The average molecular weight is 340 g/mol. The van der Waals surface area contributed by atoms with Crippen molar-refractivity contribution in [2.45, 2.75) is 38.9 Å². The van der Waals surface area contributed by atoms with Gasteiger partial charge in [0.05, 0.1) is 6.42 Å². The molecule has 2 aromatic rings. The molecule has 0 spiro atoms. The fourth-order valence-corrected chi connectivity index (χ4v) is 3.30. The number of rotatable bonds is 4. The molecule has 0 saturated heterocycles. The van der Waals surface area contributed by atoms with E-state index in [4.69, 9.17) is 0 Å². The number of halogens is 1. The second-order valence-electron chi connectivity index (χ2n) is 6.52. The molecule has 1 aliphatic heterocycles. The molecular formula is C20H21FN2O2. The Hall–Kier alpha value is -2.69. The lowest BCUT2D eigenvalue weighted by Crippen LogP contribution is -2.50. The first kappa shape index (κ1) is 17.1. The van der Waals surface area contributed by atoms with Crippen molar-refractivity contribution >= 4 is 11.8 Å². The van der Waals surface area contributed by atoms with E-state index in [1.165, 1.54) is 12.1 Å². The molecule has 130 valence electrons. The summed E-state index contributed by atoms with van der Waals surface area (Å²) in [5.74, 6) is -0.646. The highest BCUT2D eigenvalue weighted by Gasteiger charge is 2.38. The molecule has 4 nitrogen and oxygen atoms in total. The fourth-order valence-electron chi connectivity index (χ4n) is 3.30. The van der Waals surface area contributed by atoms with E-state index in [0.29, 0.717) is 12.0 Å². The van der Waals surface area contributed by atoms with Gasteiger partial charge in [-0.1, -0.05) is 36.4 Å². The summed E-state index contributed by atoms with van der Waals surface area (Å²) in [6.07, 6.45) is 0.308. The summed E-state index contributed by atoms with van der Waals surface area (Å²) < 4.78 is 13.3. The molecule has 1 unspecified atom stereocenters. The van der Waals surface area contributed by atoms with Gasteiger partial charge in [-0.05, 0) is 42.7 Å². The van der Waals surface area contributed by atoms with Crippen molar-refractivity contribution in [1.82, 2.24) is 10.2 Å². The average Bonchev–Trinajstić information content (AvgIpc) is 2.58. The van der Waals surface area contributed by atoms with Crippen molar-refractivity contribution in [2.75, 3.05) is 0 Å². The zero-order valence-electron chi connectivity index (χ0n) is 14.3. The van der Waals surface area contributed by atoms with Crippen LogP contribution < -0.4 is 5.32 Å². The Kier molecular flexibility index (Phi) is 4.83. The van der Waals surface area contributed by atoms with E-state index in [0.717, 1.165) is 11.1 Å². The lowest BCUT2D eigenvalue weighted by Gasteiger charge is -2.39. The maximum absolute atomic E-state index is 13.3. The summed E-state index contributed by atoms with van der Waals surface area (Å²) in [6.45, 7) is 4.02. The van der Waals surface area contributed by atoms with Crippen LogP contribution in [0.25, 0.3) is 0 Å². The number of hydrogen-bond donors (Lipinski definition) is 1. The Morgan fingerprint density at radius 3 is 2.72 bits per heavy atom. The maximum Gasteiger partial charge on any atom is 0.247 e. The molecule has 0 radical (unpaired) electrons. The first-order chi connectivity index (χ1) is 12.0. The Labute approximate surface area is 146 Å². The van der Waals surface area contributed by atoms with Gasteiger partial charge in [-0.15, -0.1) is 0 Å². The molecule has 0 fully saturated rings. The molecule has 2 amide bonds. The molecule has 1 N–H and O–H groups in total. The monoisotopic (exact) mass is 340 g/mol. The van der Waals surface area contributed by atoms with Crippen LogP contribution in [0.1, 0.15) is 36.6 Å². The normalized spacial score (nSPS) is 16.7.